The molecule has 0 aromatic carbocycles. The van der Waals surface area contributed by atoms with E-state index in [4.69, 9.17) is 0 Å². The van der Waals surface area contributed by atoms with Gasteiger partial charge >= 0.3 is 108 Å². The van der Waals surface area contributed by atoms with E-state index in [0.717, 1.165) is 0 Å². The molecule has 0 aromatic heterocycles. The molecule has 0 atom stereocenters. The van der Waals surface area contributed by atoms with Crippen molar-refractivity contribution in [2.24, 2.45) is 0 Å². The standard InChI is InChI=1S/4GeH3.Ni.Pt/h4*1H3;;/q4*-1;2*+2. The van der Waals surface area contributed by atoms with Gasteiger partial charge in [-0.1, -0.05) is 0 Å². The average molecular weight is 556 g/mol. The summed E-state index contributed by atoms with van der Waals surface area (Å²) in [5, 5.41) is 0. The SMILES string of the molecule is [GeH3-].[GeH3-].[GeH3-].[GeH3-].[Ni+2].[Pt+2]. The van der Waals surface area contributed by atoms with Gasteiger partial charge in [0, 0.05) is 0 Å². The van der Waals surface area contributed by atoms with Crippen LogP contribution in [-0.4, -0.2) is 70.4 Å². The van der Waals surface area contributed by atoms with E-state index >= 15 is 0 Å². The van der Waals surface area contributed by atoms with Gasteiger partial charge in [-0.05, 0) is 0 Å². The summed E-state index contributed by atoms with van der Waals surface area (Å²) in [6.45, 7) is 0. The minimum atomic E-state index is 0. The van der Waals surface area contributed by atoms with Crippen LogP contribution < -0.4 is 0 Å². The number of hydrogen-bond acceptors (Lipinski definition) is 0. The van der Waals surface area contributed by atoms with Gasteiger partial charge in [0.1, 0.15) is 0 Å². The molecule has 0 nitrogen and oxygen atoms in total. The third-order valence-corrected chi connectivity index (χ3v) is 0. The van der Waals surface area contributed by atoms with Crippen molar-refractivity contribution in [3.8, 4) is 0 Å². The van der Waals surface area contributed by atoms with Crippen LogP contribution in [0.1, 0.15) is 0 Å². The molecule has 0 saturated carbocycles. The Morgan fingerprint density at radius 3 is 0.500 bits per heavy atom. The van der Waals surface area contributed by atoms with Crippen molar-refractivity contribution in [2.75, 3.05) is 0 Å². The van der Waals surface area contributed by atoms with E-state index in [-0.39, 0.29) is 108 Å². The van der Waals surface area contributed by atoms with E-state index in [1.165, 1.54) is 0 Å². The zero-order chi connectivity index (χ0) is 0. The van der Waals surface area contributed by atoms with Gasteiger partial charge in [0.25, 0.3) is 0 Å². The summed E-state index contributed by atoms with van der Waals surface area (Å²) in [5.74, 6) is 0. The molecule has 0 bridgehead atoms. The Morgan fingerprint density at radius 2 is 0.500 bits per heavy atom. The van der Waals surface area contributed by atoms with Crippen LogP contribution in [-0.2, 0) is 37.6 Å². The second-order valence-electron chi connectivity index (χ2n) is 0. The Labute approximate surface area is 106 Å². The molecular weight excluding hydrogens is 544 g/mol. The Balaban J connectivity index is 0. The van der Waals surface area contributed by atoms with Gasteiger partial charge in [-0.2, -0.15) is 0 Å². The first-order valence-corrected chi connectivity index (χ1v) is 0. The fourth-order valence-electron chi connectivity index (χ4n) is 0. The van der Waals surface area contributed by atoms with E-state index in [9.17, 15) is 0 Å². The van der Waals surface area contributed by atoms with Crippen molar-refractivity contribution in [3.63, 3.8) is 0 Å². The third-order valence-electron chi connectivity index (χ3n) is 0. The smallest absolute Gasteiger partial charge is 2.00 e. The molecule has 0 saturated heterocycles. The Morgan fingerprint density at radius 1 is 0.500 bits per heavy atom. The molecule has 0 N–H and O–H groups in total. The Kier molecular flexibility index (Phi) is 389. The topological polar surface area (TPSA) is 0 Å². The fourth-order valence-corrected chi connectivity index (χ4v) is 0. The van der Waals surface area contributed by atoms with Crippen molar-refractivity contribution in [1.82, 2.24) is 0 Å². The monoisotopic (exact) mass is 561 g/mol. The van der Waals surface area contributed by atoms with E-state index in [0.29, 0.717) is 0 Å². The summed E-state index contributed by atoms with van der Waals surface area (Å²) in [6, 6.07) is 0. The zero-order valence-electron chi connectivity index (χ0n) is 4.63. The Bertz CT molecular complexity index is 7.51. The van der Waals surface area contributed by atoms with Crippen molar-refractivity contribution in [3.05, 3.63) is 0 Å². The molecule has 0 rings (SSSR count). The Hall–Kier alpha value is 3.35. The molecule has 48 valence electrons. The second kappa shape index (κ2) is 40.2. The van der Waals surface area contributed by atoms with Gasteiger partial charge in [0.2, 0.25) is 0 Å². The van der Waals surface area contributed by atoms with E-state index in [1.54, 1.807) is 0 Å². The molecule has 0 unspecified atom stereocenters. The minimum absolute atomic E-state index is 0. The van der Waals surface area contributed by atoms with Crippen LogP contribution in [0.3, 0.4) is 0 Å². The van der Waals surface area contributed by atoms with Crippen molar-refractivity contribution in [1.29, 1.82) is 0 Å². The first-order valence-electron chi connectivity index (χ1n) is 0. The third kappa shape index (κ3) is 26.4. The second-order valence-corrected chi connectivity index (χ2v) is 0. The summed E-state index contributed by atoms with van der Waals surface area (Å²) in [4.78, 5) is 0. The van der Waals surface area contributed by atoms with Crippen LogP contribution in [0, 0.1) is 0 Å². The molecule has 0 amide bonds. The first kappa shape index (κ1) is 58.0. The molecule has 0 aliphatic rings. The van der Waals surface area contributed by atoms with Crippen LogP contribution in [0.25, 0.3) is 0 Å². The van der Waals surface area contributed by atoms with Crippen LogP contribution in [0.4, 0.5) is 0 Å². The maximum absolute atomic E-state index is 0. The quantitative estimate of drug-likeness (QED) is 0.264. The molecule has 0 fully saturated rings. The predicted molar refractivity (Wildman–Crippen MR) is 39.8 cm³/mol. The molecule has 6 heavy (non-hydrogen) atoms. The van der Waals surface area contributed by atoms with Crippen LogP contribution in [0.5, 0.6) is 0 Å². The molecule has 0 aromatic rings. The fraction of sp³-hybridized carbons (Fsp3) is 0. The molecule has 6 heteroatoms. The van der Waals surface area contributed by atoms with Gasteiger partial charge in [0.15, 0.2) is 0 Å². The van der Waals surface area contributed by atoms with Crippen molar-refractivity contribution in [2.45, 2.75) is 0 Å². The van der Waals surface area contributed by atoms with E-state index in [2.05, 4.69) is 0 Å². The van der Waals surface area contributed by atoms with Crippen molar-refractivity contribution >= 4 is 70.4 Å². The maximum atomic E-state index is 0. The number of rotatable bonds is 0. The summed E-state index contributed by atoms with van der Waals surface area (Å²) in [7, 11) is 0. The van der Waals surface area contributed by atoms with Gasteiger partial charge in [-0.25, -0.2) is 0 Å². The normalized spacial score (nSPS) is 0. The molecule has 0 heterocycles. The molecular formula is H12Ge4NiPt. The largest absolute Gasteiger partial charge is 2.00 e. The van der Waals surface area contributed by atoms with Crippen molar-refractivity contribution < 1.29 is 37.6 Å². The minimum Gasteiger partial charge on any atom is 2.00 e. The van der Waals surface area contributed by atoms with Gasteiger partial charge in [-0.3, -0.25) is 0 Å². The van der Waals surface area contributed by atoms with Crippen LogP contribution in [0.15, 0.2) is 0 Å². The molecule has 0 aliphatic heterocycles. The molecule has 0 spiro atoms. The van der Waals surface area contributed by atoms with Gasteiger partial charge in [0.05, 0.1) is 0 Å². The van der Waals surface area contributed by atoms with Gasteiger partial charge in [-0.15, -0.1) is 0 Å². The van der Waals surface area contributed by atoms with Crippen LogP contribution >= 0.6 is 0 Å². The summed E-state index contributed by atoms with van der Waals surface area (Å²) < 4.78 is 0. The zero-order valence-corrected chi connectivity index (χ0v) is 24.7. The van der Waals surface area contributed by atoms with E-state index < -0.39 is 0 Å². The molecule has 0 aliphatic carbocycles. The predicted octanol–water partition coefficient (Wildman–Crippen LogP) is -4.74. The van der Waals surface area contributed by atoms with E-state index in [1.807, 2.05) is 0 Å². The number of hydrogen-bond donors (Lipinski definition) is 0. The molecule has 0 radical (unpaired) electrons. The summed E-state index contributed by atoms with van der Waals surface area (Å²) >= 11 is 0. The summed E-state index contributed by atoms with van der Waals surface area (Å²) in [6.07, 6.45) is 0. The summed E-state index contributed by atoms with van der Waals surface area (Å²) in [5.41, 5.74) is 0. The maximum Gasteiger partial charge on any atom is 2.00 e. The average Bonchev–Trinajstić information content (AvgIpc) is 0. The first-order chi connectivity index (χ1) is 0. The van der Waals surface area contributed by atoms with Gasteiger partial charge < -0.3 is 0 Å². The van der Waals surface area contributed by atoms with Crippen LogP contribution in [0.2, 0.25) is 0 Å².